The van der Waals surface area contributed by atoms with Crippen LogP contribution in [-0.4, -0.2) is 20.6 Å². The maximum atomic E-state index is 13.7. The Morgan fingerprint density at radius 1 is 1.14 bits per heavy atom. The zero-order valence-corrected chi connectivity index (χ0v) is 12.4. The molecule has 0 atom stereocenters. The average molecular weight is 307 g/mol. The van der Waals surface area contributed by atoms with E-state index in [0.29, 0.717) is 5.56 Å². The first kappa shape index (κ1) is 15.2. The van der Waals surface area contributed by atoms with Crippen LogP contribution in [0, 0.1) is 12.7 Å². The molecule has 2 aromatic carbocycles. The molecule has 0 unspecified atom stereocenters. The number of aryl methyl sites for hydroxylation is 1. The summed E-state index contributed by atoms with van der Waals surface area (Å²) >= 11 is 0. The first-order valence-electron chi connectivity index (χ1n) is 6.15. The molecule has 0 aromatic heterocycles. The fourth-order valence-corrected chi connectivity index (χ4v) is 2.46. The highest BCUT2D eigenvalue weighted by molar-refractivity contribution is 7.90. The van der Waals surface area contributed by atoms with E-state index in [4.69, 9.17) is 0 Å². The summed E-state index contributed by atoms with van der Waals surface area (Å²) in [4.78, 5) is 12.0. The lowest BCUT2D eigenvalue weighted by Crippen LogP contribution is -2.13. The van der Waals surface area contributed by atoms with Gasteiger partial charge in [-0.15, -0.1) is 0 Å². The molecule has 110 valence electrons. The number of benzene rings is 2. The monoisotopic (exact) mass is 307 g/mol. The summed E-state index contributed by atoms with van der Waals surface area (Å²) in [5, 5.41) is 2.39. The Hall–Kier alpha value is -2.21. The SMILES string of the molecule is Cc1cccc(C(=O)Nc2cc(S(C)(=O)=O)ccc2F)c1. The minimum atomic E-state index is -3.47. The zero-order chi connectivity index (χ0) is 15.6. The van der Waals surface area contributed by atoms with Crippen molar-refractivity contribution in [3.8, 4) is 0 Å². The number of rotatable bonds is 3. The van der Waals surface area contributed by atoms with Crippen LogP contribution in [0.2, 0.25) is 0 Å². The van der Waals surface area contributed by atoms with Crippen molar-refractivity contribution in [2.24, 2.45) is 0 Å². The van der Waals surface area contributed by atoms with Crippen LogP contribution < -0.4 is 5.32 Å². The van der Waals surface area contributed by atoms with E-state index in [9.17, 15) is 17.6 Å². The van der Waals surface area contributed by atoms with E-state index >= 15 is 0 Å². The molecule has 21 heavy (non-hydrogen) atoms. The van der Waals surface area contributed by atoms with Gasteiger partial charge < -0.3 is 5.32 Å². The van der Waals surface area contributed by atoms with Gasteiger partial charge in [-0.3, -0.25) is 4.79 Å². The predicted octanol–water partition coefficient (Wildman–Crippen LogP) is 2.79. The minimum Gasteiger partial charge on any atom is -0.319 e. The van der Waals surface area contributed by atoms with Gasteiger partial charge >= 0.3 is 0 Å². The number of halogens is 1. The van der Waals surface area contributed by atoms with Gasteiger partial charge in [-0.1, -0.05) is 17.7 Å². The number of carbonyl (C=O) groups excluding carboxylic acids is 1. The summed E-state index contributed by atoms with van der Waals surface area (Å²) in [6, 6.07) is 10.1. The van der Waals surface area contributed by atoms with Crippen LogP contribution in [0.4, 0.5) is 10.1 Å². The largest absolute Gasteiger partial charge is 0.319 e. The van der Waals surface area contributed by atoms with Crippen LogP contribution in [0.3, 0.4) is 0 Å². The van der Waals surface area contributed by atoms with Gasteiger partial charge in [-0.2, -0.15) is 0 Å². The van der Waals surface area contributed by atoms with Crippen molar-refractivity contribution in [3.05, 3.63) is 59.4 Å². The quantitative estimate of drug-likeness (QED) is 0.887. The molecule has 1 N–H and O–H groups in total. The van der Waals surface area contributed by atoms with Gasteiger partial charge in [0.2, 0.25) is 0 Å². The number of anilines is 1. The summed E-state index contributed by atoms with van der Waals surface area (Å²) in [6.45, 7) is 1.83. The molecule has 0 radical (unpaired) electrons. The van der Waals surface area contributed by atoms with Crippen LogP contribution >= 0.6 is 0 Å². The second-order valence-electron chi connectivity index (χ2n) is 4.74. The fraction of sp³-hybridized carbons (Fsp3) is 0.133. The van der Waals surface area contributed by atoms with Gasteiger partial charge in [0.05, 0.1) is 10.6 Å². The Morgan fingerprint density at radius 3 is 2.48 bits per heavy atom. The van der Waals surface area contributed by atoms with E-state index in [1.54, 1.807) is 18.2 Å². The average Bonchev–Trinajstić information content (AvgIpc) is 2.40. The normalized spacial score (nSPS) is 11.2. The molecule has 0 spiro atoms. The lowest BCUT2D eigenvalue weighted by Gasteiger charge is -2.08. The maximum absolute atomic E-state index is 13.7. The number of hydrogen-bond donors (Lipinski definition) is 1. The van der Waals surface area contributed by atoms with Crippen molar-refractivity contribution in [2.45, 2.75) is 11.8 Å². The van der Waals surface area contributed by atoms with Crippen molar-refractivity contribution in [3.63, 3.8) is 0 Å². The first-order valence-corrected chi connectivity index (χ1v) is 8.04. The lowest BCUT2D eigenvalue weighted by atomic mass is 10.1. The standard InChI is InChI=1S/C15H14FNO3S/c1-10-4-3-5-11(8-10)15(18)17-14-9-12(21(2,19)20)6-7-13(14)16/h3-9H,1-2H3,(H,17,18). The van der Waals surface area contributed by atoms with E-state index in [0.717, 1.165) is 30.0 Å². The van der Waals surface area contributed by atoms with Gasteiger partial charge in [0.15, 0.2) is 9.84 Å². The van der Waals surface area contributed by atoms with E-state index in [2.05, 4.69) is 5.32 Å². The van der Waals surface area contributed by atoms with Crippen molar-refractivity contribution in [2.75, 3.05) is 11.6 Å². The van der Waals surface area contributed by atoms with Gasteiger partial charge in [-0.25, -0.2) is 12.8 Å². The molecule has 0 saturated carbocycles. The second-order valence-corrected chi connectivity index (χ2v) is 6.75. The first-order chi connectivity index (χ1) is 9.77. The molecule has 2 aromatic rings. The Labute approximate surface area is 122 Å². The van der Waals surface area contributed by atoms with E-state index in [1.807, 2.05) is 13.0 Å². The third kappa shape index (κ3) is 3.66. The molecular formula is C15H14FNO3S. The third-order valence-corrected chi connectivity index (χ3v) is 4.00. The number of carbonyl (C=O) groups is 1. The topological polar surface area (TPSA) is 63.2 Å². The fourth-order valence-electron chi connectivity index (χ4n) is 1.81. The van der Waals surface area contributed by atoms with Crippen molar-refractivity contribution >= 4 is 21.4 Å². The molecule has 0 bridgehead atoms. The molecule has 6 heteroatoms. The Kier molecular flexibility index (Phi) is 4.09. The second kappa shape index (κ2) is 5.65. The van der Waals surface area contributed by atoms with Crippen LogP contribution in [-0.2, 0) is 9.84 Å². The molecule has 0 aliphatic rings. The molecule has 0 aliphatic heterocycles. The highest BCUT2D eigenvalue weighted by Gasteiger charge is 2.14. The summed E-state index contributed by atoms with van der Waals surface area (Å²) < 4.78 is 36.6. The van der Waals surface area contributed by atoms with Gasteiger partial charge in [0.25, 0.3) is 5.91 Å². The van der Waals surface area contributed by atoms with Crippen LogP contribution in [0.5, 0.6) is 0 Å². The van der Waals surface area contributed by atoms with Gasteiger partial charge in [0.1, 0.15) is 5.82 Å². The van der Waals surface area contributed by atoms with E-state index < -0.39 is 21.6 Å². The molecule has 0 fully saturated rings. The van der Waals surface area contributed by atoms with E-state index in [-0.39, 0.29) is 10.6 Å². The third-order valence-electron chi connectivity index (χ3n) is 2.89. The Bertz CT molecular complexity index is 800. The van der Waals surface area contributed by atoms with Gasteiger partial charge in [0, 0.05) is 11.8 Å². The highest BCUT2D eigenvalue weighted by atomic mass is 32.2. The minimum absolute atomic E-state index is 0.0524. The molecule has 0 aliphatic carbocycles. The highest BCUT2D eigenvalue weighted by Crippen LogP contribution is 2.20. The molecule has 0 saturated heterocycles. The summed E-state index contributed by atoms with van der Waals surface area (Å²) in [5.41, 5.74) is 1.11. The van der Waals surface area contributed by atoms with Crippen LogP contribution in [0.1, 0.15) is 15.9 Å². The molecule has 0 heterocycles. The zero-order valence-electron chi connectivity index (χ0n) is 11.6. The molecule has 1 amide bonds. The summed E-state index contributed by atoms with van der Waals surface area (Å²) in [7, 11) is -3.47. The van der Waals surface area contributed by atoms with Crippen LogP contribution in [0.25, 0.3) is 0 Å². The van der Waals surface area contributed by atoms with Crippen molar-refractivity contribution in [1.29, 1.82) is 0 Å². The predicted molar refractivity (Wildman–Crippen MR) is 78.6 cm³/mol. The van der Waals surface area contributed by atoms with Crippen LogP contribution in [0.15, 0.2) is 47.4 Å². The molecule has 2 rings (SSSR count). The van der Waals surface area contributed by atoms with Gasteiger partial charge in [-0.05, 0) is 37.3 Å². The molecular weight excluding hydrogens is 293 g/mol. The summed E-state index contributed by atoms with van der Waals surface area (Å²) in [5.74, 6) is -1.19. The smallest absolute Gasteiger partial charge is 0.255 e. The number of nitrogens with one attached hydrogen (secondary N) is 1. The number of sulfone groups is 1. The van der Waals surface area contributed by atoms with E-state index in [1.165, 1.54) is 0 Å². The Morgan fingerprint density at radius 2 is 1.86 bits per heavy atom. The lowest BCUT2D eigenvalue weighted by molar-refractivity contribution is 0.102. The maximum Gasteiger partial charge on any atom is 0.255 e. The Balaban J connectivity index is 2.33. The van der Waals surface area contributed by atoms with Crippen molar-refractivity contribution in [1.82, 2.24) is 0 Å². The number of hydrogen-bond acceptors (Lipinski definition) is 3. The summed E-state index contributed by atoms with van der Waals surface area (Å²) in [6.07, 6.45) is 1.02. The van der Waals surface area contributed by atoms with Crippen molar-refractivity contribution < 1.29 is 17.6 Å². The number of amides is 1. The molecule has 4 nitrogen and oxygen atoms in total.